The van der Waals surface area contributed by atoms with Gasteiger partial charge in [0.25, 0.3) is 0 Å². The van der Waals surface area contributed by atoms with Gasteiger partial charge in [0.15, 0.2) is 5.82 Å². The molecule has 0 aromatic carbocycles. The first-order valence-corrected chi connectivity index (χ1v) is 7.46. The molecule has 0 bridgehead atoms. The summed E-state index contributed by atoms with van der Waals surface area (Å²) >= 11 is 0. The number of nitrogens with zero attached hydrogens (tertiary/aromatic N) is 2. The van der Waals surface area contributed by atoms with Crippen molar-refractivity contribution in [3.05, 3.63) is 11.7 Å². The van der Waals surface area contributed by atoms with Crippen LogP contribution in [-0.2, 0) is 16.7 Å². The van der Waals surface area contributed by atoms with Crippen LogP contribution in [0.2, 0.25) is 0 Å². The van der Waals surface area contributed by atoms with E-state index in [1.807, 2.05) is 0 Å². The Morgan fingerprint density at radius 2 is 1.90 bits per heavy atom. The number of aromatic nitrogens is 2. The maximum absolute atomic E-state index is 6.33. The molecule has 1 aromatic rings. The van der Waals surface area contributed by atoms with E-state index in [4.69, 9.17) is 15.0 Å². The zero-order chi connectivity index (χ0) is 13.1. The van der Waals surface area contributed by atoms with Crippen molar-refractivity contribution in [1.29, 1.82) is 0 Å². The molecular formula is C14H24ClN3O2. The number of ether oxygens (including phenoxy) is 1. The Bertz CT molecular complexity index is 412. The third kappa shape index (κ3) is 3.51. The summed E-state index contributed by atoms with van der Waals surface area (Å²) in [5.74, 6) is 2.20. The van der Waals surface area contributed by atoms with Crippen molar-refractivity contribution in [3.63, 3.8) is 0 Å². The first-order chi connectivity index (χ1) is 9.26. The molecule has 20 heavy (non-hydrogen) atoms. The molecule has 3 rings (SSSR count). The molecule has 0 spiro atoms. The van der Waals surface area contributed by atoms with E-state index in [-0.39, 0.29) is 17.9 Å². The molecule has 0 atom stereocenters. The van der Waals surface area contributed by atoms with E-state index >= 15 is 0 Å². The van der Waals surface area contributed by atoms with Crippen LogP contribution < -0.4 is 5.73 Å². The van der Waals surface area contributed by atoms with E-state index in [1.165, 1.54) is 12.8 Å². The fraction of sp³-hybridized carbons (Fsp3) is 0.857. The van der Waals surface area contributed by atoms with Crippen LogP contribution in [0.15, 0.2) is 4.52 Å². The van der Waals surface area contributed by atoms with Gasteiger partial charge in [0.05, 0.1) is 5.54 Å². The van der Waals surface area contributed by atoms with Crippen molar-refractivity contribution >= 4 is 12.4 Å². The van der Waals surface area contributed by atoms with E-state index in [2.05, 4.69) is 10.1 Å². The van der Waals surface area contributed by atoms with Crippen LogP contribution >= 0.6 is 12.4 Å². The highest BCUT2D eigenvalue weighted by atomic mass is 35.5. The van der Waals surface area contributed by atoms with Crippen molar-refractivity contribution in [2.24, 2.45) is 11.7 Å². The van der Waals surface area contributed by atoms with E-state index in [1.54, 1.807) is 0 Å². The quantitative estimate of drug-likeness (QED) is 0.925. The lowest BCUT2D eigenvalue weighted by Gasteiger charge is -2.21. The second-order valence-electron chi connectivity index (χ2n) is 5.97. The number of aryl methyl sites for hydroxylation is 1. The minimum atomic E-state index is -0.333. The minimum absolute atomic E-state index is 0. The lowest BCUT2D eigenvalue weighted by atomic mass is 9.95. The van der Waals surface area contributed by atoms with Gasteiger partial charge in [-0.15, -0.1) is 12.4 Å². The third-order valence-corrected chi connectivity index (χ3v) is 4.52. The van der Waals surface area contributed by atoms with Crippen molar-refractivity contribution in [3.8, 4) is 0 Å². The van der Waals surface area contributed by atoms with Crippen LogP contribution in [0.3, 0.4) is 0 Å². The Kier molecular flexibility index (Phi) is 5.41. The Morgan fingerprint density at radius 3 is 2.60 bits per heavy atom. The standard InChI is InChI=1S/C14H23N3O2.ClH/c15-14(7-1-2-8-14)13-16-12(19-17-13)4-3-11-5-9-18-10-6-11;/h11H,1-10,15H2;1H. The van der Waals surface area contributed by atoms with E-state index in [0.29, 0.717) is 5.82 Å². The van der Waals surface area contributed by atoms with Gasteiger partial charge in [0.1, 0.15) is 0 Å². The van der Waals surface area contributed by atoms with E-state index in [0.717, 1.165) is 63.5 Å². The molecule has 6 heteroatoms. The number of hydrogen-bond acceptors (Lipinski definition) is 5. The molecule has 1 aromatic heterocycles. The average molecular weight is 302 g/mol. The van der Waals surface area contributed by atoms with E-state index in [9.17, 15) is 0 Å². The largest absolute Gasteiger partial charge is 0.381 e. The summed E-state index contributed by atoms with van der Waals surface area (Å²) < 4.78 is 10.7. The summed E-state index contributed by atoms with van der Waals surface area (Å²) in [4.78, 5) is 4.51. The fourth-order valence-corrected chi connectivity index (χ4v) is 3.15. The maximum Gasteiger partial charge on any atom is 0.226 e. The zero-order valence-corrected chi connectivity index (χ0v) is 12.7. The summed E-state index contributed by atoms with van der Waals surface area (Å²) in [6.07, 6.45) is 8.59. The monoisotopic (exact) mass is 301 g/mol. The van der Waals surface area contributed by atoms with Crippen molar-refractivity contribution in [1.82, 2.24) is 10.1 Å². The van der Waals surface area contributed by atoms with Crippen LogP contribution in [0.4, 0.5) is 0 Å². The molecule has 114 valence electrons. The van der Waals surface area contributed by atoms with Gasteiger partial charge in [0.2, 0.25) is 5.89 Å². The van der Waals surface area contributed by atoms with Gasteiger partial charge in [-0.25, -0.2) is 0 Å². The van der Waals surface area contributed by atoms with E-state index < -0.39 is 0 Å². The highest BCUT2D eigenvalue weighted by Gasteiger charge is 2.35. The summed E-state index contributed by atoms with van der Waals surface area (Å²) in [5.41, 5.74) is 6.00. The summed E-state index contributed by atoms with van der Waals surface area (Å²) in [5, 5.41) is 4.10. The molecule has 1 aliphatic carbocycles. The Morgan fingerprint density at radius 1 is 1.20 bits per heavy atom. The summed E-state index contributed by atoms with van der Waals surface area (Å²) in [6, 6.07) is 0. The SMILES string of the molecule is Cl.NC1(c2noc(CCC3CCOCC3)n2)CCCC1. The molecule has 0 unspecified atom stereocenters. The summed E-state index contributed by atoms with van der Waals surface area (Å²) in [6.45, 7) is 1.79. The third-order valence-electron chi connectivity index (χ3n) is 4.52. The van der Waals surface area contributed by atoms with Crippen LogP contribution in [0.25, 0.3) is 0 Å². The Labute approximate surface area is 126 Å². The molecule has 2 N–H and O–H groups in total. The predicted octanol–water partition coefficient (Wildman–Crippen LogP) is 2.58. The van der Waals surface area contributed by atoms with Gasteiger partial charge in [-0.05, 0) is 38.0 Å². The highest BCUT2D eigenvalue weighted by molar-refractivity contribution is 5.85. The molecule has 1 aliphatic heterocycles. The molecule has 1 saturated heterocycles. The van der Waals surface area contributed by atoms with Gasteiger partial charge >= 0.3 is 0 Å². The van der Waals surface area contributed by atoms with Crippen LogP contribution in [0, 0.1) is 5.92 Å². The normalized spacial score (nSPS) is 22.6. The Hall–Kier alpha value is -0.650. The van der Waals surface area contributed by atoms with Crippen LogP contribution in [0.1, 0.15) is 56.7 Å². The first kappa shape index (κ1) is 15.7. The lowest BCUT2D eigenvalue weighted by molar-refractivity contribution is 0.0634. The lowest BCUT2D eigenvalue weighted by Crippen LogP contribution is -2.34. The first-order valence-electron chi connectivity index (χ1n) is 7.46. The molecule has 2 fully saturated rings. The second kappa shape index (κ2) is 6.87. The van der Waals surface area contributed by atoms with Gasteiger partial charge in [-0.3, -0.25) is 0 Å². The molecular weight excluding hydrogens is 278 g/mol. The molecule has 5 nitrogen and oxygen atoms in total. The zero-order valence-electron chi connectivity index (χ0n) is 11.8. The number of nitrogens with two attached hydrogens (primary N) is 1. The second-order valence-corrected chi connectivity index (χ2v) is 5.97. The summed E-state index contributed by atoms with van der Waals surface area (Å²) in [7, 11) is 0. The number of halogens is 1. The van der Waals surface area contributed by atoms with Crippen molar-refractivity contribution in [2.45, 2.75) is 56.9 Å². The highest BCUT2D eigenvalue weighted by Crippen LogP contribution is 2.34. The van der Waals surface area contributed by atoms with Crippen molar-refractivity contribution < 1.29 is 9.26 Å². The number of hydrogen-bond donors (Lipinski definition) is 1. The smallest absolute Gasteiger partial charge is 0.226 e. The molecule has 0 radical (unpaired) electrons. The van der Waals surface area contributed by atoms with Crippen molar-refractivity contribution in [2.75, 3.05) is 13.2 Å². The van der Waals surface area contributed by atoms with Crippen LogP contribution in [-0.4, -0.2) is 23.4 Å². The molecule has 1 saturated carbocycles. The van der Waals surface area contributed by atoms with Gasteiger partial charge in [0, 0.05) is 19.6 Å². The molecule has 2 aliphatic rings. The van der Waals surface area contributed by atoms with Gasteiger partial charge in [-0.1, -0.05) is 18.0 Å². The maximum atomic E-state index is 6.33. The minimum Gasteiger partial charge on any atom is -0.381 e. The number of rotatable bonds is 4. The van der Waals surface area contributed by atoms with Crippen LogP contribution in [0.5, 0.6) is 0 Å². The fourth-order valence-electron chi connectivity index (χ4n) is 3.15. The molecule has 0 amide bonds. The van der Waals surface area contributed by atoms with Gasteiger partial charge in [-0.2, -0.15) is 4.98 Å². The topological polar surface area (TPSA) is 74.2 Å². The Balaban J connectivity index is 0.00000147. The van der Waals surface area contributed by atoms with Gasteiger partial charge < -0.3 is 15.0 Å². The molecule has 2 heterocycles. The average Bonchev–Trinajstić information content (AvgIpc) is 3.07. The predicted molar refractivity (Wildman–Crippen MR) is 77.7 cm³/mol.